The largest absolute Gasteiger partial charge is 0.458 e. The second-order valence-electron chi connectivity index (χ2n) is 6.02. The maximum absolute atomic E-state index is 12.2. The summed E-state index contributed by atoms with van der Waals surface area (Å²) in [6.45, 7) is 3.50. The van der Waals surface area contributed by atoms with E-state index in [9.17, 15) is 9.59 Å². The predicted octanol–water partition coefficient (Wildman–Crippen LogP) is 3.16. The van der Waals surface area contributed by atoms with Crippen LogP contribution in [0.5, 0.6) is 0 Å². The monoisotopic (exact) mass is 371 g/mol. The van der Waals surface area contributed by atoms with Crippen LogP contribution in [0.4, 0.5) is 0 Å². The van der Waals surface area contributed by atoms with Crippen molar-refractivity contribution >= 4 is 29.1 Å². The molecule has 1 N–H and O–H groups in total. The van der Waals surface area contributed by atoms with Crippen LogP contribution in [-0.4, -0.2) is 27.3 Å². The van der Waals surface area contributed by atoms with Crippen molar-refractivity contribution in [2.75, 3.05) is 0 Å². The van der Waals surface area contributed by atoms with Gasteiger partial charge in [-0.15, -0.1) is 0 Å². The van der Waals surface area contributed by atoms with Crippen molar-refractivity contribution < 1.29 is 14.3 Å². The minimum atomic E-state index is -0.769. The van der Waals surface area contributed by atoms with Gasteiger partial charge in [0.1, 0.15) is 18.3 Å². The smallest absolute Gasteiger partial charge is 0.328 e. The third-order valence-electron chi connectivity index (χ3n) is 3.81. The molecule has 0 saturated carbocycles. The molecule has 7 heteroatoms. The number of carbonyl (C=O) groups excluding carboxylic acids is 2. The third kappa shape index (κ3) is 4.21. The minimum absolute atomic E-state index is 0.0167. The average molecular weight is 372 g/mol. The molecule has 3 rings (SSSR count). The summed E-state index contributed by atoms with van der Waals surface area (Å²) in [4.78, 5) is 28.7. The van der Waals surface area contributed by atoms with E-state index in [2.05, 4.69) is 10.3 Å². The average Bonchev–Trinajstić information content (AvgIpc) is 3.01. The van der Waals surface area contributed by atoms with Crippen LogP contribution in [0.25, 0.3) is 5.65 Å². The van der Waals surface area contributed by atoms with E-state index in [4.69, 9.17) is 16.3 Å². The molecule has 0 bridgehead atoms. The van der Waals surface area contributed by atoms with E-state index in [1.807, 2.05) is 13.0 Å². The lowest BCUT2D eigenvalue weighted by molar-refractivity contribution is -0.146. The SMILES string of the molecule is Cc1cccc(C(=O)N[C@@H](C)C(=O)OCc2cn3cc(Cl)ccc3n2)c1. The Morgan fingerprint density at radius 2 is 2.08 bits per heavy atom. The molecule has 0 aliphatic rings. The molecule has 3 aromatic rings. The molecular formula is C19H18ClN3O3. The number of pyridine rings is 1. The van der Waals surface area contributed by atoms with Crippen molar-refractivity contribution in [1.29, 1.82) is 0 Å². The highest BCUT2D eigenvalue weighted by Gasteiger charge is 2.18. The number of aromatic nitrogens is 2. The number of rotatable bonds is 5. The lowest BCUT2D eigenvalue weighted by Crippen LogP contribution is -2.39. The second kappa shape index (κ2) is 7.58. The zero-order chi connectivity index (χ0) is 18.7. The Hall–Kier alpha value is -2.86. The Labute approximate surface area is 155 Å². The van der Waals surface area contributed by atoms with Crippen molar-refractivity contribution in [2.24, 2.45) is 0 Å². The molecule has 1 atom stereocenters. The van der Waals surface area contributed by atoms with Crippen LogP contribution in [0.3, 0.4) is 0 Å². The first kappa shape index (κ1) is 17.9. The van der Waals surface area contributed by atoms with Crippen LogP contribution in [0.1, 0.15) is 28.5 Å². The molecule has 26 heavy (non-hydrogen) atoms. The fourth-order valence-corrected chi connectivity index (χ4v) is 2.65. The lowest BCUT2D eigenvalue weighted by Gasteiger charge is -2.13. The van der Waals surface area contributed by atoms with Gasteiger partial charge in [-0.3, -0.25) is 4.79 Å². The topological polar surface area (TPSA) is 72.7 Å². The minimum Gasteiger partial charge on any atom is -0.458 e. The molecule has 0 aliphatic carbocycles. The Morgan fingerprint density at radius 3 is 2.85 bits per heavy atom. The number of fused-ring (bicyclic) bond motifs is 1. The van der Waals surface area contributed by atoms with Gasteiger partial charge in [0.05, 0.1) is 10.7 Å². The summed E-state index contributed by atoms with van der Waals surface area (Å²) >= 11 is 5.93. The molecule has 0 fully saturated rings. The summed E-state index contributed by atoms with van der Waals surface area (Å²) in [6.07, 6.45) is 3.46. The standard InChI is InChI=1S/C19H18ClN3O3/c1-12-4-3-5-14(8-12)18(24)21-13(2)19(25)26-11-16-10-23-9-15(20)6-7-17(23)22-16/h3-10,13H,11H2,1-2H3,(H,21,24)/t13-/m0/s1. The number of hydrogen-bond acceptors (Lipinski definition) is 4. The van der Waals surface area contributed by atoms with Crippen molar-refractivity contribution in [1.82, 2.24) is 14.7 Å². The first-order valence-electron chi connectivity index (χ1n) is 8.09. The van der Waals surface area contributed by atoms with Crippen LogP contribution in [0.15, 0.2) is 48.8 Å². The molecule has 6 nitrogen and oxygen atoms in total. The molecule has 134 valence electrons. The van der Waals surface area contributed by atoms with E-state index in [1.54, 1.807) is 54.0 Å². The van der Waals surface area contributed by atoms with Gasteiger partial charge in [0.25, 0.3) is 5.91 Å². The van der Waals surface area contributed by atoms with Gasteiger partial charge in [0.15, 0.2) is 0 Å². The summed E-state index contributed by atoms with van der Waals surface area (Å²) in [5, 5.41) is 3.23. The number of aryl methyl sites for hydroxylation is 1. The summed E-state index contributed by atoms with van der Waals surface area (Å²) < 4.78 is 7.01. The predicted molar refractivity (Wildman–Crippen MR) is 98.1 cm³/mol. The first-order chi connectivity index (χ1) is 12.4. The van der Waals surface area contributed by atoms with Gasteiger partial charge < -0.3 is 14.5 Å². The second-order valence-corrected chi connectivity index (χ2v) is 6.45. The number of benzene rings is 1. The van der Waals surface area contributed by atoms with Crippen LogP contribution in [0.2, 0.25) is 5.02 Å². The number of amides is 1. The number of hydrogen-bond donors (Lipinski definition) is 1. The van der Waals surface area contributed by atoms with Gasteiger partial charge >= 0.3 is 5.97 Å². The van der Waals surface area contributed by atoms with Crippen LogP contribution < -0.4 is 5.32 Å². The van der Waals surface area contributed by atoms with Crippen LogP contribution >= 0.6 is 11.6 Å². The van der Waals surface area contributed by atoms with Gasteiger partial charge in [-0.1, -0.05) is 29.3 Å². The lowest BCUT2D eigenvalue weighted by atomic mass is 10.1. The summed E-state index contributed by atoms with van der Waals surface area (Å²) in [7, 11) is 0. The number of nitrogens with zero attached hydrogens (tertiary/aromatic N) is 2. The van der Waals surface area contributed by atoms with Crippen LogP contribution in [-0.2, 0) is 16.1 Å². The fourth-order valence-electron chi connectivity index (χ4n) is 2.48. The van der Waals surface area contributed by atoms with Crippen molar-refractivity contribution in [2.45, 2.75) is 26.5 Å². The molecule has 0 aliphatic heterocycles. The van der Waals surface area contributed by atoms with Crippen LogP contribution in [0, 0.1) is 6.92 Å². The zero-order valence-electron chi connectivity index (χ0n) is 14.4. The van der Waals surface area contributed by atoms with Gasteiger partial charge in [-0.2, -0.15) is 0 Å². The highest BCUT2D eigenvalue weighted by atomic mass is 35.5. The molecule has 0 spiro atoms. The van der Waals surface area contributed by atoms with E-state index in [-0.39, 0.29) is 12.5 Å². The molecule has 0 radical (unpaired) electrons. The summed E-state index contributed by atoms with van der Waals surface area (Å²) in [6, 6.07) is 9.90. The number of imidazole rings is 1. The molecule has 0 unspecified atom stereocenters. The highest BCUT2D eigenvalue weighted by Crippen LogP contribution is 2.12. The van der Waals surface area contributed by atoms with E-state index < -0.39 is 12.0 Å². The van der Waals surface area contributed by atoms with E-state index in [1.165, 1.54) is 0 Å². The quantitative estimate of drug-likeness (QED) is 0.699. The molecular weight excluding hydrogens is 354 g/mol. The number of halogens is 1. The maximum atomic E-state index is 12.2. The van der Waals surface area contributed by atoms with Crippen molar-refractivity contribution in [3.63, 3.8) is 0 Å². The number of ether oxygens (including phenoxy) is 1. The van der Waals surface area contributed by atoms with Gasteiger partial charge in [0.2, 0.25) is 0 Å². The van der Waals surface area contributed by atoms with Crippen molar-refractivity contribution in [3.05, 3.63) is 70.6 Å². The number of nitrogens with one attached hydrogen (secondary N) is 1. The maximum Gasteiger partial charge on any atom is 0.328 e. The first-order valence-corrected chi connectivity index (χ1v) is 8.47. The zero-order valence-corrected chi connectivity index (χ0v) is 15.2. The Bertz CT molecular complexity index is 968. The van der Waals surface area contributed by atoms with Crippen molar-refractivity contribution in [3.8, 4) is 0 Å². The molecule has 2 heterocycles. The fraction of sp³-hybridized carbons (Fsp3) is 0.211. The summed E-state index contributed by atoms with van der Waals surface area (Å²) in [5.74, 6) is -0.846. The normalized spacial score (nSPS) is 12.0. The van der Waals surface area contributed by atoms with Gasteiger partial charge in [-0.25, -0.2) is 9.78 Å². The highest BCUT2D eigenvalue weighted by molar-refractivity contribution is 6.30. The van der Waals surface area contributed by atoms with E-state index >= 15 is 0 Å². The third-order valence-corrected chi connectivity index (χ3v) is 4.03. The molecule has 1 amide bonds. The number of carbonyl (C=O) groups is 2. The summed E-state index contributed by atoms with van der Waals surface area (Å²) in [5.41, 5.74) is 2.78. The van der Waals surface area contributed by atoms with Gasteiger partial charge in [0, 0.05) is 18.0 Å². The Morgan fingerprint density at radius 1 is 1.27 bits per heavy atom. The van der Waals surface area contributed by atoms with E-state index in [0.29, 0.717) is 21.9 Å². The van der Waals surface area contributed by atoms with E-state index in [0.717, 1.165) is 5.56 Å². The molecule has 2 aromatic heterocycles. The Balaban J connectivity index is 1.57. The Kier molecular flexibility index (Phi) is 5.23. The van der Waals surface area contributed by atoms with Gasteiger partial charge in [-0.05, 0) is 38.1 Å². The molecule has 0 saturated heterocycles. The number of esters is 1. The molecule has 1 aromatic carbocycles.